The van der Waals surface area contributed by atoms with Crippen LogP contribution in [0.5, 0.6) is 0 Å². The fraction of sp³-hybridized carbons (Fsp3) is 0.300. The molecule has 1 aromatic carbocycles. The van der Waals surface area contributed by atoms with Crippen LogP contribution >= 0.6 is 0 Å². The number of amides is 2. The minimum absolute atomic E-state index is 0.0246. The first-order valence-electron chi connectivity index (χ1n) is 9.14. The molecule has 2 fully saturated rings. The van der Waals surface area contributed by atoms with E-state index in [-0.39, 0.29) is 23.4 Å². The third-order valence-electron chi connectivity index (χ3n) is 5.21. The molecule has 0 aliphatic carbocycles. The fourth-order valence-corrected chi connectivity index (χ4v) is 3.65. The molecule has 144 valence electrons. The van der Waals surface area contributed by atoms with Crippen LogP contribution in [0.4, 0.5) is 0 Å². The van der Waals surface area contributed by atoms with Gasteiger partial charge in [0.1, 0.15) is 6.04 Å². The fourth-order valence-electron chi connectivity index (χ4n) is 3.65. The number of nitrogens with zero attached hydrogens (tertiary/aromatic N) is 3. The number of hydrogen-bond acceptors (Lipinski definition) is 5. The molecule has 2 aliphatic heterocycles. The highest BCUT2D eigenvalue weighted by Gasteiger charge is 2.36. The molecule has 2 aliphatic rings. The van der Waals surface area contributed by atoms with Crippen molar-refractivity contribution in [3.8, 4) is 11.3 Å². The van der Waals surface area contributed by atoms with Crippen LogP contribution in [0, 0.1) is 0 Å². The minimum Gasteiger partial charge on any atom is -0.478 e. The Labute approximate surface area is 161 Å². The second-order valence-electron chi connectivity index (χ2n) is 6.91. The smallest absolute Gasteiger partial charge is 0.335 e. The van der Waals surface area contributed by atoms with E-state index in [0.29, 0.717) is 37.4 Å². The van der Waals surface area contributed by atoms with Gasteiger partial charge in [0.05, 0.1) is 11.3 Å². The topological polar surface area (TPSA) is 103 Å². The second-order valence-corrected chi connectivity index (χ2v) is 6.91. The third-order valence-corrected chi connectivity index (χ3v) is 5.21. The van der Waals surface area contributed by atoms with E-state index < -0.39 is 5.97 Å². The van der Waals surface area contributed by atoms with E-state index in [2.05, 4.69) is 15.2 Å². The van der Waals surface area contributed by atoms with Gasteiger partial charge in [-0.25, -0.2) is 4.79 Å². The van der Waals surface area contributed by atoms with Gasteiger partial charge in [0.15, 0.2) is 0 Å². The zero-order valence-corrected chi connectivity index (χ0v) is 15.2. The van der Waals surface area contributed by atoms with Gasteiger partial charge in [0.25, 0.3) is 5.91 Å². The quantitative estimate of drug-likeness (QED) is 0.813. The number of carboxylic acids is 1. The van der Waals surface area contributed by atoms with Crippen molar-refractivity contribution in [3.63, 3.8) is 0 Å². The monoisotopic (exact) mass is 380 g/mol. The van der Waals surface area contributed by atoms with Crippen molar-refractivity contribution < 1.29 is 19.5 Å². The lowest BCUT2D eigenvalue weighted by Crippen LogP contribution is -2.64. The molecule has 4 rings (SSSR count). The number of pyridine rings is 1. The molecular weight excluding hydrogens is 360 g/mol. The SMILES string of the molecule is O=C(O)c1ccnc(-c2ccc(C(=O)N3CCN4CCNC(=O)[C@@H]4C3)cc2)c1. The molecule has 3 heterocycles. The zero-order valence-electron chi connectivity index (χ0n) is 15.2. The van der Waals surface area contributed by atoms with Crippen LogP contribution in [-0.2, 0) is 4.79 Å². The second kappa shape index (κ2) is 7.40. The van der Waals surface area contributed by atoms with Crippen LogP contribution in [0.25, 0.3) is 11.3 Å². The van der Waals surface area contributed by atoms with Gasteiger partial charge in [-0.2, -0.15) is 0 Å². The van der Waals surface area contributed by atoms with E-state index in [0.717, 1.165) is 12.1 Å². The van der Waals surface area contributed by atoms with E-state index in [9.17, 15) is 14.4 Å². The summed E-state index contributed by atoms with van der Waals surface area (Å²) in [5.41, 5.74) is 1.96. The molecule has 0 saturated carbocycles. The number of aromatic carboxylic acids is 1. The number of aromatic nitrogens is 1. The van der Waals surface area contributed by atoms with Crippen molar-refractivity contribution in [3.05, 3.63) is 53.7 Å². The normalized spacial score (nSPS) is 19.6. The van der Waals surface area contributed by atoms with E-state index >= 15 is 0 Å². The molecule has 0 radical (unpaired) electrons. The Morgan fingerprint density at radius 2 is 1.86 bits per heavy atom. The van der Waals surface area contributed by atoms with Gasteiger partial charge in [-0.15, -0.1) is 0 Å². The van der Waals surface area contributed by atoms with Gasteiger partial charge in [-0.05, 0) is 24.3 Å². The number of carboxylic acid groups (broad SMARTS) is 1. The molecule has 1 aromatic heterocycles. The minimum atomic E-state index is -1.01. The van der Waals surface area contributed by atoms with Crippen molar-refractivity contribution in [2.24, 2.45) is 0 Å². The predicted octanol–water partition coefficient (Wildman–Crippen LogP) is 0.703. The van der Waals surface area contributed by atoms with E-state index in [1.165, 1.54) is 18.3 Å². The molecule has 8 heteroatoms. The molecule has 2 aromatic rings. The number of piperazine rings is 2. The van der Waals surface area contributed by atoms with Gasteiger partial charge in [-0.1, -0.05) is 12.1 Å². The Hall–Kier alpha value is -3.26. The lowest BCUT2D eigenvalue weighted by Gasteiger charge is -2.43. The first-order chi connectivity index (χ1) is 13.5. The van der Waals surface area contributed by atoms with E-state index in [4.69, 9.17) is 5.11 Å². The maximum absolute atomic E-state index is 12.9. The van der Waals surface area contributed by atoms with E-state index in [1.54, 1.807) is 29.2 Å². The summed E-state index contributed by atoms with van der Waals surface area (Å²) in [6.45, 7) is 3.13. The Bertz CT molecular complexity index is 928. The Morgan fingerprint density at radius 1 is 1.07 bits per heavy atom. The highest BCUT2D eigenvalue weighted by Crippen LogP contribution is 2.20. The summed E-state index contributed by atoms with van der Waals surface area (Å²) in [5, 5.41) is 12.0. The average Bonchev–Trinajstić information content (AvgIpc) is 2.73. The highest BCUT2D eigenvalue weighted by atomic mass is 16.4. The van der Waals surface area contributed by atoms with Gasteiger partial charge in [-0.3, -0.25) is 19.5 Å². The summed E-state index contributed by atoms with van der Waals surface area (Å²) in [6.07, 6.45) is 1.45. The Kier molecular flexibility index (Phi) is 4.79. The molecular formula is C20H20N4O4. The van der Waals surface area contributed by atoms with Gasteiger partial charge < -0.3 is 15.3 Å². The zero-order chi connectivity index (χ0) is 19.7. The molecule has 28 heavy (non-hydrogen) atoms. The number of rotatable bonds is 3. The third kappa shape index (κ3) is 3.46. The van der Waals surface area contributed by atoms with Crippen LogP contribution in [0.1, 0.15) is 20.7 Å². The lowest BCUT2D eigenvalue weighted by atomic mass is 10.0. The molecule has 2 amide bonds. The summed E-state index contributed by atoms with van der Waals surface area (Å²) in [4.78, 5) is 44.1. The summed E-state index contributed by atoms with van der Waals surface area (Å²) in [6, 6.07) is 9.58. The molecule has 8 nitrogen and oxygen atoms in total. The number of benzene rings is 1. The van der Waals surface area contributed by atoms with Crippen LogP contribution < -0.4 is 5.32 Å². The van der Waals surface area contributed by atoms with Crippen molar-refractivity contribution >= 4 is 17.8 Å². The van der Waals surface area contributed by atoms with Crippen molar-refractivity contribution in [2.45, 2.75) is 6.04 Å². The van der Waals surface area contributed by atoms with Crippen LogP contribution in [0.2, 0.25) is 0 Å². The summed E-state index contributed by atoms with van der Waals surface area (Å²) >= 11 is 0. The van der Waals surface area contributed by atoms with Crippen molar-refractivity contribution in [1.82, 2.24) is 20.1 Å². The van der Waals surface area contributed by atoms with Crippen LogP contribution in [-0.4, -0.2) is 76.4 Å². The maximum atomic E-state index is 12.9. The maximum Gasteiger partial charge on any atom is 0.335 e. The Morgan fingerprint density at radius 3 is 2.61 bits per heavy atom. The van der Waals surface area contributed by atoms with Gasteiger partial charge in [0, 0.05) is 50.0 Å². The average molecular weight is 380 g/mol. The first-order valence-corrected chi connectivity index (χ1v) is 9.14. The van der Waals surface area contributed by atoms with Crippen molar-refractivity contribution in [2.75, 3.05) is 32.7 Å². The Balaban J connectivity index is 1.49. The summed E-state index contributed by atoms with van der Waals surface area (Å²) in [7, 11) is 0. The number of fused-ring (bicyclic) bond motifs is 1. The number of hydrogen-bond donors (Lipinski definition) is 2. The standard InChI is InChI=1S/C20H20N4O4/c25-18-17-12-24(10-9-23(17)8-7-22-18)19(26)14-3-1-13(2-4-14)16-11-15(20(27)28)5-6-21-16/h1-6,11,17H,7-10,12H2,(H,22,25)(H,27,28)/t17-/m0/s1. The first kappa shape index (κ1) is 18.1. The molecule has 0 unspecified atom stereocenters. The predicted molar refractivity (Wildman–Crippen MR) is 101 cm³/mol. The number of nitrogens with one attached hydrogen (secondary N) is 1. The lowest BCUT2D eigenvalue weighted by molar-refractivity contribution is -0.131. The summed E-state index contributed by atoms with van der Waals surface area (Å²) in [5.74, 6) is -1.15. The van der Waals surface area contributed by atoms with Crippen molar-refractivity contribution in [1.29, 1.82) is 0 Å². The number of carbonyl (C=O) groups is 3. The number of carbonyl (C=O) groups excluding carboxylic acids is 2. The molecule has 2 N–H and O–H groups in total. The largest absolute Gasteiger partial charge is 0.478 e. The molecule has 2 saturated heterocycles. The van der Waals surface area contributed by atoms with Gasteiger partial charge >= 0.3 is 5.97 Å². The molecule has 0 spiro atoms. The highest BCUT2D eigenvalue weighted by molar-refractivity contribution is 5.95. The van der Waals surface area contributed by atoms with Gasteiger partial charge in [0.2, 0.25) is 5.91 Å². The molecule has 1 atom stereocenters. The van der Waals surface area contributed by atoms with Crippen LogP contribution in [0.3, 0.4) is 0 Å². The van der Waals surface area contributed by atoms with Crippen LogP contribution in [0.15, 0.2) is 42.6 Å². The summed E-state index contributed by atoms with van der Waals surface area (Å²) < 4.78 is 0. The van der Waals surface area contributed by atoms with E-state index in [1.807, 2.05) is 0 Å². The molecule has 0 bridgehead atoms.